The summed E-state index contributed by atoms with van der Waals surface area (Å²) in [7, 11) is 1.92. The van der Waals surface area contributed by atoms with Crippen LogP contribution in [0.2, 0.25) is 0 Å². The molecule has 2 heterocycles. The summed E-state index contributed by atoms with van der Waals surface area (Å²) in [6, 6.07) is 18.9. The summed E-state index contributed by atoms with van der Waals surface area (Å²) in [5.74, 6) is 1.20. The number of para-hydroxylation sites is 1. The van der Waals surface area contributed by atoms with Crippen LogP contribution in [-0.4, -0.2) is 52.3 Å². The van der Waals surface area contributed by atoms with Gasteiger partial charge in [0.2, 0.25) is 0 Å². The number of nitrogens with zero attached hydrogens (tertiary/aromatic N) is 4. The van der Waals surface area contributed by atoms with Crippen LogP contribution in [0, 0.1) is 0 Å². The lowest BCUT2D eigenvalue weighted by Gasteiger charge is -2.38. The van der Waals surface area contributed by atoms with Gasteiger partial charge in [0, 0.05) is 63.4 Å². The van der Waals surface area contributed by atoms with Gasteiger partial charge < -0.3 is 14.6 Å². The van der Waals surface area contributed by atoms with Crippen molar-refractivity contribution < 1.29 is 5.11 Å². The zero-order valence-corrected chi connectivity index (χ0v) is 17.3. The lowest BCUT2D eigenvalue weighted by molar-refractivity contribution is 0.205. The predicted octanol–water partition coefficient (Wildman–Crippen LogP) is 3.43. The van der Waals surface area contributed by atoms with E-state index in [1.807, 2.05) is 36.0 Å². The molecular weight excluding hydrogens is 360 g/mol. The Kier molecular flexibility index (Phi) is 5.97. The van der Waals surface area contributed by atoms with Crippen LogP contribution in [-0.2, 0) is 7.05 Å². The molecule has 2 unspecified atom stereocenters. The molecule has 2 aromatic carbocycles. The van der Waals surface area contributed by atoms with Crippen molar-refractivity contribution in [1.82, 2.24) is 14.5 Å². The fraction of sp³-hybridized carbons (Fsp3) is 0.375. The summed E-state index contributed by atoms with van der Waals surface area (Å²) in [6.07, 6.45) is 2.88. The monoisotopic (exact) mass is 390 g/mol. The van der Waals surface area contributed by atoms with E-state index in [2.05, 4.69) is 58.1 Å². The summed E-state index contributed by atoms with van der Waals surface area (Å²) in [4.78, 5) is 9.28. The quantitative estimate of drug-likeness (QED) is 0.700. The lowest BCUT2D eigenvalue weighted by atomic mass is 10.0. The van der Waals surface area contributed by atoms with E-state index in [1.165, 1.54) is 5.56 Å². The number of rotatable bonds is 6. The maximum absolute atomic E-state index is 10.9. The average Bonchev–Trinajstić information content (AvgIpc) is 3.20. The zero-order valence-electron chi connectivity index (χ0n) is 17.3. The lowest BCUT2D eigenvalue weighted by Crippen LogP contribution is -2.47. The molecule has 3 aromatic rings. The number of aliphatic hydroxyl groups is 1. The van der Waals surface area contributed by atoms with Crippen molar-refractivity contribution in [1.29, 1.82) is 0 Å². The molecular formula is C24H30N4O. The van der Waals surface area contributed by atoms with E-state index >= 15 is 0 Å². The molecule has 4 rings (SSSR count). The Morgan fingerprint density at radius 2 is 1.66 bits per heavy atom. The summed E-state index contributed by atoms with van der Waals surface area (Å²) in [5.41, 5.74) is 3.44. The SMILES string of the molecule is CC(CN1CCN(c2ccccc2C(O)c2nccn2C)CC1)c1ccccc1. The molecule has 1 saturated heterocycles. The Bertz CT molecular complexity index is 915. The highest BCUT2D eigenvalue weighted by Gasteiger charge is 2.24. The van der Waals surface area contributed by atoms with Crippen LogP contribution in [0.4, 0.5) is 5.69 Å². The summed E-state index contributed by atoms with van der Waals surface area (Å²) in [5, 5.41) is 10.9. The minimum Gasteiger partial charge on any atom is -0.380 e. The van der Waals surface area contributed by atoms with Crippen LogP contribution in [0.25, 0.3) is 0 Å². The predicted molar refractivity (Wildman–Crippen MR) is 117 cm³/mol. The van der Waals surface area contributed by atoms with Gasteiger partial charge in [-0.15, -0.1) is 0 Å². The van der Waals surface area contributed by atoms with Crippen LogP contribution >= 0.6 is 0 Å². The molecule has 0 radical (unpaired) electrons. The second-order valence-corrected chi connectivity index (χ2v) is 7.96. The first-order valence-electron chi connectivity index (χ1n) is 10.4. The Morgan fingerprint density at radius 1 is 0.966 bits per heavy atom. The van der Waals surface area contributed by atoms with E-state index in [0.717, 1.165) is 44.0 Å². The van der Waals surface area contributed by atoms with Crippen molar-refractivity contribution in [3.63, 3.8) is 0 Å². The van der Waals surface area contributed by atoms with Crippen LogP contribution in [0.1, 0.15) is 35.9 Å². The van der Waals surface area contributed by atoms with E-state index in [9.17, 15) is 5.11 Å². The highest BCUT2D eigenvalue weighted by Crippen LogP contribution is 2.30. The molecule has 0 spiro atoms. The normalized spacial score (nSPS) is 17.3. The Morgan fingerprint density at radius 3 is 2.34 bits per heavy atom. The van der Waals surface area contributed by atoms with Gasteiger partial charge in [-0.2, -0.15) is 0 Å². The molecule has 1 fully saturated rings. The number of piperazine rings is 1. The number of aryl methyl sites for hydroxylation is 1. The average molecular weight is 391 g/mol. The van der Waals surface area contributed by atoms with Gasteiger partial charge in [0.05, 0.1) is 0 Å². The summed E-state index contributed by atoms with van der Waals surface area (Å²) >= 11 is 0. The van der Waals surface area contributed by atoms with Gasteiger partial charge in [0.15, 0.2) is 0 Å². The largest absolute Gasteiger partial charge is 0.380 e. The van der Waals surface area contributed by atoms with Crippen molar-refractivity contribution in [2.75, 3.05) is 37.6 Å². The van der Waals surface area contributed by atoms with Crippen LogP contribution in [0.15, 0.2) is 67.0 Å². The Balaban J connectivity index is 1.42. The first-order valence-corrected chi connectivity index (χ1v) is 10.4. The summed E-state index contributed by atoms with van der Waals surface area (Å²) in [6.45, 7) is 7.38. The van der Waals surface area contributed by atoms with Gasteiger partial charge >= 0.3 is 0 Å². The number of anilines is 1. The zero-order chi connectivity index (χ0) is 20.2. The third kappa shape index (κ3) is 4.36. The third-order valence-electron chi connectivity index (χ3n) is 5.95. The second-order valence-electron chi connectivity index (χ2n) is 7.96. The van der Waals surface area contributed by atoms with E-state index in [1.54, 1.807) is 6.20 Å². The van der Waals surface area contributed by atoms with Crippen LogP contribution < -0.4 is 4.90 Å². The van der Waals surface area contributed by atoms with Gasteiger partial charge in [-0.05, 0) is 17.5 Å². The number of imidazole rings is 1. The molecule has 5 heteroatoms. The van der Waals surface area contributed by atoms with E-state index in [-0.39, 0.29) is 0 Å². The van der Waals surface area contributed by atoms with Crippen LogP contribution in [0.5, 0.6) is 0 Å². The molecule has 0 saturated carbocycles. The Labute approximate surface area is 173 Å². The topological polar surface area (TPSA) is 44.5 Å². The maximum Gasteiger partial charge on any atom is 0.142 e. The van der Waals surface area contributed by atoms with E-state index in [0.29, 0.717) is 11.7 Å². The number of hydrogen-bond acceptors (Lipinski definition) is 4. The Hall–Kier alpha value is -2.63. The van der Waals surface area contributed by atoms with Crippen molar-refractivity contribution in [3.05, 3.63) is 83.9 Å². The van der Waals surface area contributed by atoms with Gasteiger partial charge in [0.1, 0.15) is 11.9 Å². The fourth-order valence-electron chi connectivity index (χ4n) is 4.23. The molecule has 1 aliphatic heterocycles. The highest BCUT2D eigenvalue weighted by molar-refractivity contribution is 5.56. The molecule has 1 aliphatic rings. The molecule has 152 valence electrons. The first kappa shape index (κ1) is 19.7. The fourth-order valence-corrected chi connectivity index (χ4v) is 4.23. The van der Waals surface area contributed by atoms with E-state index in [4.69, 9.17) is 0 Å². The molecule has 2 atom stereocenters. The molecule has 5 nitrogen and oxygen atoms in total. The first-order chi connectivity index (χ1) is 14.1. The van der Waals surface area contributed by atoms with Gasteiger partial charge in [0.25, 0.3) is 0 Å². The molecule has 0 bridgehead atoms. The third-order valence-corrected chi connectivity index (χ3v) is 5.95. The van der Waals surface area contributed by atoms with Crippen molar-refractivity contribution in [3.8, 4) is 0 Å². The molecule has 1 aromatic heterocycles. The standard InChI is InChI=1S/C24H30N4O/c1-19(20-8-4-3-5-9-20)18-27-14-16-28(17-15-27)22-11-7-6-10-21(22)23(29)24-25-12-13-26(24)2/h3-13,19,23,29H,14-18H2,1-2H3. The van der Waals surface area contributed by atoms with Crippen LogP contribution in [0.3, 0.4) is 0 Å². The van der Waals surface area contributed by atoms with Gasteiger partial charge in [-0.1, -0.05) is 55.5 Å². The number of aromatic nitrogens is 2. The maximum atomic E-state index is 10.9. The highest BCUT2D eigenvalue weighted by atomic mass is 16.3. The number of hydrogen-bond donors (Lipinski definition) is 1. The summed E-state index contributed by atoms with van der Waals surface area (Å²) < 4.78 is 1.88. The van der Waals surface area contributed by atoms with Crippen molar-refractivity contribution >= 4 is 5.69 Å². The second kappa shape index (κ2) is 8.80. The smallest absolute Gasteiger partial charge is 0.142 e. The number of aliphatic hydroxyl groups excluding tert-OH is 1. The van der Waals surface area contributed by atoms with Crippen molar-refractivity contribution in [2.24, 2.45) is 7.05 Å². The minimum absolute atomic E-state index is 0.528. The van der Waals surface area contributed by atoms with Gasteiger partial charge in [-0.25, -0.2) is 4.98 Å². The molecule has 29 heavy (non-hydrogen) atoms. The van der Waals surface area contributed by atoms with E-state index < -0.39 is 6.10 Å². The minimum atomic E-state index is -0.720. The number of benzene rings is 2. The van der Waals surface area contributed by atoms with Crippen molar-refractivity contribution in [2.45, 2.75) is 18.9 Å². The molecule has 0 aliphatic carbocycles. The molecule has 1 N–H and O–H groups in total. The van der Waals surface area contributed by atoms with Gasteiger partial charge in [-0.3, -0.25) is 4.90 Å². The molecule has 0 amide bonds.